The second-order valence-corrected chi connectivity index (χ2v) is 11.4. The molecule has 0 spiro atoms. The van der Waals surface area contributed by atoms with Crippen LogP contribution in [0.5, 0.6) is 0 Å². The van der Waals surface area contributed by atoms with Gasteiger partial charge in [-0.3, -0.25) is 0 Å². The van der Waals surface area contributed by atoms with Crippen molar-refractivity contribution in [2.24, 2.45) is 0 Å². The molecule has 0 bridgehead atoms. The molecule has 9 aromatic rings. The molecule has 190 valence electrons. The lowest BCUT2D eigenvalue weighted by Crippen LogP contribution is -1.93. The molecule has 0 saturated carbocycles. The molecule has 0 aliphatic carbocycles. The number of hydrogen-bond acceptors (Lipinski definition) is 2. The van der Waals surface area contributed by atoms with Gasteiger partial charge in [-0.2, -0.15) is 0 Å². The van der Waals surface area contributed by atoms with Crippen LogP contribution in [0.4, 0.5) is 5.69 Å². The van der Waals surface area contributed by atoms with Gasteiger partial charge in [-0.25, -0.2) is 4.85 Å². The number of para-hydroxylation sites is 3. The third kappa shape index (κ3) is 3.07. The van der Waals surface area contributed by atoms with Gasteiger partial charge in [-0.15, -0.1) is 11.3 Å². The Labute approximate surface area is 238 Å². The minimum atomic E-state index is 0.677. The fraction of sp³-hybridized carbons (Fsp3) is 0. The number of hydrogen-bond donors (Lipinski definition) is 0. The Bertz CT molecular complexity index is 2500. The molecule has 0 aliphatic rings. The zero-order valence-electron chi connectivity index (χ0n) is 21.8. The average Bonchev–Trinajstić information content (AvgIpc) is 3.70. The van der Waals surface area contributed by atoms with Gasteiger partial charge in [-0.05, 0) is 59.0 Å². The van der Waals surface area contributed by atoms with Gasteiger partial charge in [-0.1, -0.05) is 78.9 Å². The van der Waals surface area contributed by atoms with Gasteiger partial charge in [0, 0.05) is 31.6 Å². The van der Waals surface area contributed by atoms with Crippen molar-refractivity contribution in [3.05, 3.63) is 133 Å². The highest BCUT2D eigenvalue weighted by molar-refractivity contribution is 7.26. The van der Waals surface area contributed by atoms with Gasteiger partial charge < -0.3 is 8.98 Å². The van der Waals surface area contributed by atoms with E-state index in [0.717, 1.165) is 48.8 Å². The standard InChI is InChI=1S/C37H20N2OS/c1-38-29-21-22(23-13-9-19-34-35(23)27-12-4-7-18-33(27)40-34)20-28-26-14-8-17-32(37(26)41-36(28)29)39-30-15-5-2-10-24(30)25-11-3-6-16-31(25)39/h2-21H. The quantitative estimate of drug-likeness (QED) is 0.200. The molecule has 3 aromatic heterocycles. The average molecular weight is 541 g/mol. The number of rotatable bonds is 2. The van der Waals surface area contributed by atoms with Gasteiger partial charge in [0.1, 0.15) is 11.2 Å². The van der Waals surface area contributed by atoms with Crippen LogP contribution in [0, 0.1) is 6.57 Å². The van der Waals surface area contributed by atoms with Crippen molar-refractivity contribution in [2.75, 3.05) is 0 Å². The normalized spacial score (nSPS) is 11.9. The molecular weight excluding hydrogens is 520 g/mol. The van der Waals surface area contributed by atoms with Crippen LogP contribution in [0.25, 0.3) is 85.6 Å². The van der Waals surface area contributed by atoms with Crippen molar-refractivity contribution in [1.29, 1.82) is 0 Å². The predicted molar refractivity (Wildman–Crippen MR) is 173 cm³/mol. The van der Waals surface area contributed by atoms with Crippen molar-refractivity contribution < 1.29 is 4.42 Å². The minimum Gasteiger partial charge on any atom is -0.456 e. The first-order valence-corrected chi connectivity index (χ1v) is 14.4. The number of fused-ring (bicyclic) bond motifs is 9. The molecule has 0 unspecified atom stereocenters. The third-order valence-electron chi connectivity index (χ3n) is 8.21. The monoisotopic (exact) mass is 540 g/mol. The zero-order valence-corrected chi connectivity index (χ0v) is 22.6. The maximum absolute atomic E-state index is 8.14. The number of nitrogens with zero attached hydrogens (tertiary/aromatic N) is 2. The van der Waals surface area contributed by atoms with E-state index in [9.17, 15) is 0 Å². The van der Waals surface area contributed by atoms with E-state index in [4.69, 9.17) is 11.0 Å². The van der Waals surface area contributed by atoms with Crippen molar-refractivity contribution in [3.8, 4) is 16.8 Å². The lowest BCUT2D eigenvalue weighted by molar-refractivity contribution is 0.669. The lowest BCUT2D eigenvalue weighted by atomic mass is 9.97. The summed E-state index contributed by atoms with van der Waals surface area (Å²) in [5, 5.41) is 6.94. The second kappa shape index (κ2) is 8.32. The SMILES string of the molecule is [C-]#[N+]c1cc(-c2cccc3oc4ccccc4c23)cc2c1sc1c(-n3c4ccccc4c4ccccc43)cccc12. The molecule has 0 saturated heterocycles. The van der Waals surface area contributed by atoms with E-state index in [2.05, 4.69) is 94.3 Å². The van der Waals surface area contributed by atoms with E-state index in [-0.39, 0.29) is 0 Å². The molecule has 6 aromatic carbocycles. The van der Waals surface area contributed by atoms with Crippen LogP contribution in [-0.2, 0) is 0 Å². The summed E-state index contributed by atoms with van der Waals surface area (Å²) >= 11 is 1.71. The summed E-state index contributed by atoms with van der Waals surface area (Å²) in [5.41, 5.74) is 8.03. The first-order valence-electron chi connectivity index (χ1n) is 13.6. The van der Waals surface area contributed by atoms with Gasteiger partial charge in [0.2, 0.25) is 5.69 Å². The number of aromatic nitrogens is 1. The van der Waals surface area contributed by atoms with Crippen molar-refractivity contribution >= 4 is 80.9 Å². The Morgan fingerprint density at radius 2 is 1.24 bits per heavy atom. The number of furan rings is 1. The molecule has 3 heterocycles. The predicted octanol–water partition coefficient (Wildman–Crippen LogP) is 11.3. The van der Waals surface area contributed by atoms with Crippen LogP contribution < -0.4 is 0 Å². The molecule has 9 rings (SSSR count). The molecule has 0 fully saturated rings. The van der Waals surface area contributed by atoms with Crippen LogP contribution in [0.3, 0.4) is 0 Å². The maximum atomic E-state index is 8.14. The van der Waals surface area contributed by atoms with Crippen LogP contribution in [-0.4, -0.2) is 4.57 Å². The molecule has 0 amide bonds. The highest BCUT2D eigenvalue weighted by Crippen LogP contribution is 2.47. The maximum Gasteiger partial charge on any atom is 0.205 e. The fourth-order valence-electron chi connectivity index (χ4n) is 6.48. The molecule has 41 heavy (non-hydrogen) atoms. The number of benzene rings is 6. The topological polar surface area (TPSA) is 22.4 Å². The molecule has 4 heteroatoms. The summed E-state index contributed by atoms with van der Waals surface area (Å²) in [6, 6.07) is 42.4. The van der Waals surface area contributed by atoms with Crippen molar-refractivity contribution in [3.63, 3.8) is 0 Å². The summed E-state index contributed by atoms with van der Waals surface area (Å²) in [7, 11) is 0. The summed E-state index contributed by atoms with van der Waals surface area (Å²) in [5.74, 6) is 0. The summed E-state index contributed by atoms with van der Waals surface area (Å²) < 4.78 is 10.8. The molecular formula is C37H20N2OS. The summed E-state index contributed by atoms with van der Waals surface area (Å²) in [6.07, 6.45) is 0. The van der Waals surface area contributed by atoms with Gasteiger partial charge in [0.05, 0.1) is 28.0 Å². The summed E-state index contributed by atoms with van der Waals surface area (Å²) in [6.45, 7) is 8.14. The lowest BCUT2D eigenvalue weighted by Gasteiger charge is -2.09. The molecule has 0 N–H and O–H groups in total. The van der Waals surface area contributed by atoms with Crippen LogP contribution >= 0.6 is 11.3 Å². The van der Waals surface area contributed by atoms with E-state index in [1.807, 2.05) is 36.4 Å². The highest BCUT2D eigenvalue weighted by atomic mass is 32.1. The van der Waals surface area contributed by atoms with Crippen LogP contribution in [0.2, 0.25) is 0 Å². The number of thiophene rings is 1. The second-order valence-electron chi connectivity index (χ2n) is 10.4. The van der Waals surface area contributed by atoms with Crippen LogP contribution in [0.15, 0.2) is 126 Å². The van der Waals surface area contributed by atoms with Gasteiger partial charge in [0.15, 0.2) is 0 Å². The van der Waals surface area contributed by atoms with Crippen molar-refractivity contribution in [2.45, 2.75) is 0 Å². The van der Waals surface area contributed by atoms with E-state index >= 15 is 0 Å². The first kappa shape index (κ1) is 22.4. The molecule has 0 aliphatic heterocycles. The Hall–Kier alpha value is -5.37. The van der Waals surface area contributed by atoms with Crippen LogP contribution in [0.1, 0.15) is 0 Å². The van der Waals surface area contributed by atoms with E-state index in [1.165, 1.54) is 31.9 Å². The largest absolute Gasteiger partial charge is 0.456 e. The smallest absolute Gasteiger partial charge is 0.205 e. The molecule has 0 radical (unpaired) electrons. The Morgan fingerprint density at radius 3 is 2.02 bits per heavy atom. The van der Waals surface area contributed by atoms with Gasteiger partial charge in [0.25, 0.3) is 0 Å². The minimum absolute atomic E-state index is 0.677. The van der Waals surface area contributed by atoms with E-state index in [0.29, 0.717) is 5.69 Å². The Balaban J connectivity index is 1.37. The Morgan fingerprint density at radius 1 is 0.585 bits per heavy atom. The van der Waals surface area contributed by atoms with Gasteiger partial charge >= 0.3 is 0 Å². The van der Waals surface area contributed by atoms with Crippen molar-refractivity contribution in [1.82, 2.24) is 4.57 Å². The highest BCUT2D eigenvalue weighted by Gasteiger charge is 2.19. The van der Waals surface area contributed by atoms with E-state index in [1.54, 1.807) is 11.3 Å². The zero-order chi connectivity index (χ0) is 27.1. The molecule has 0 atom stereocenters. The molecule has 3 nitrogen and oxygen atoms in total. The first-order chi connectivity index (χ1) is 20.3. The fourth-order valence-corrected chi connectivity index (χ4v) is 7.72. The summed E-state index contributed by atoms with van der Waals surface area (Å²) in [4.78, 5) is 4.03. The third-order valence-corrected chi connectivity index (χ3v) is 9.48. The van der Waals surface area contributed by atoms with E-state index < -0.39 is 0 Å². The Kier molecular flexibility index (Phi) is 4.55.